The lowest BCUT2D eigenvalue weighted by Crippen LogP contribution is -2.72. The molecule has 0 fully saturated rings. The van der Waals surface area contributed by atoms with Crippen molar-refractivity contribution in [3.63, 3.8) is 0 Å². The van der Waals surface area contributed by atoms with Gasteiger partial charge in [0.1, 0.15) is 0 Å². The van der Waals surface area contributed by atoms with E-state index >= 15 is 0 Å². The average molecular weight is 724 g/mol. The maximum atomic E-state index is 2.57. The second-order valence-electron chi connectivity index (χ2n) is 15.2. The van der Waals surface area contributed by atoms with E-state index in [1.807, 2.05) is 11.3 Å². The molecule has 2 aliphatic rings. The summed E-state index contributed by atoms with van der Waals surface area (Å²) in [6.45, 7) is 4.74. The molecular weight excluding hydrogens is 687 g/mol. The standard InChI is InChI=1S/C51H37NSSi/c1-51(2)42-25-14-12-24-40(42)48-43(51)26-16-27-44(48)52(34-17-6-3-7-18-34)35-29-30-41-47(33-35)54(36-19-8-4-9-20-36,37-21-10-5-11-22-37)46-32-31-39-38-23-13-15-28-45(38)53-50(39)49(41)46/h3-33H,1-2H3. The van der Waals surface area contributed by atoms with Crippen LogP contribution in [0.4, 0.5) is 17.1 Å². The van der Waals surface area contributed by atoms with E-state index in [1.54, 1.807) is 0 Å². The van der Waals surface area contributed by atoms with E-state index in [-0.39, 0.29) is 5.41 Å². The van der Waals surface area contributed by atoms with Crippen LogP contribution in [-0.4, -0.2) is 8.07 Å². The molecule has 11 rings (SSSR count). The molecule has 1 aliphatic heterocycles. The van der Waals surface area contributed by atoms with Gasteiger partial charge in [0, 0.05) is 42.5 Å². The fourth-order valence-electron chi connectivity index (χ4n) is 9.80. The molecule has 0 bridgehead atoms. The molecule has 0 saturated carbocycles. The third-order valence-corrected chi connectivity index (χ3v) is 18.2. The first-order valence-electron chi connectivity index (χ1n) is 18.9. The minimum absolute atomic E-state index is 0.0951. The number of hydrogen-bond acceptors (Lipinski definition) is 2. The van der Waals surface area contributed by atoms with Crippen LogP contribution >= 0.6 is 11.3 Å². The molecule has 256 valence electrons. The van der Waals surface area contributed by atoms with Crippen molar-refractivity contribution in [3.8, 4) is 22.3 Å². The zero-order valence-electron chi connectivity index (χ0n) is 30.3. The van der Waals surface area contributed by atoms with Crippen molar-refractivity contribution >= 4 is 77.4 Å². The summed E-state index contributed by atoms with van der Waals surface area (Å²) in [5.41, 5.74) is 11.6. The van der Waals surface area contributed by atoms with E-state index < -0.39 is 8.07 Å². The third-order valence-electron chi connectivity index (χ3n) is 12.1. The van der Waals surface area contributed by atoms with Crippen LogP contribution in [0, 0.1) is 0 Å². The Hall–Kier alpha value is -6.00. The van der Waals surface area contributed by atoms with E-state index in [9.17, 15) is 0 Å². The Morgan fingerprint density at radius 3 is 1.87 bits per heavy atom. The zero-order valence-corrected chi connectivity index (χ0v) is 32.1. The maximum absolute atomic E-state index is 2.79. The van der Waals surface area contributed by atoms with Crippen LogP contribution < -0.4 is 25.6 Å². The van der Waals surface area contributed by atoms with Crippen molar-refractivity contribution < 1.29 is 0 Å². The average Bonchev–Trinajstić information content (AvgIpc) is 3.83. The molecule has 2 heterocycles. The monoisotopic (exact) mass is 723 g/mol. The van der Waals surface area contributed by atoms with Crippen molar-refractivity contribution in [2.45, 2.75) is 19.3 Å². The highest BCUT2D eigenvalue weighted by atomic mass is 32.1. The van der Waals surface area contributed by atoms with Gasteiger partial charge in [0.25, 0.3) is 0 Å². The van der Waals surface area contributed by atoms with Crippen LogP contribution in [0.1, 0.15) is 25.0 Å². The fraction of sp³-hybridized carbons (Fsp3) is 0.0588. The Morgan fingerprint density at radius 2 is 1.11 bits per heavy atom. The van der Waals surface area contributed by atoms with E-state index in [1.165, 1.54) is 85.7 Å². The summed E-state index contributed by atoms with van der Waals surface area (Å²) in [4.78, 5) is 2.52. The first-order valence-corrected chi connectivity index (χ1v) is 21.7. The van der Waals surface area contributed by atoms with Gasteiger partial charge in [-0.3, -0.25) is 0 Å². The SMILES string of the molecule is CC1(C)c2ccccc2-c2c(N(c3ccccc3)c3ccc4c(c3)[Si](c3ccccc3)(c3ccccc3)c3ccc5c(sc6ccccc65)c3-4)cccc21. The van der Waals surface area contributed by atoms with Gasteiger partial charge in [0.2, 0.25) is 0 Å². The zero-order chi connectivity index (χ0) is 36.0. The fourth-order valence-corrected chi connectivity index (χ4v) is 16.4. The topological polar surface area (TPSA) is 3.24 Å². The molecule has 54 heavy (non-hydrogen) atoms. The first kappa shape index (κ1) is 31.5. The Kier molecular flexibility index (Phi) is 6.86. The van der Waals surface area contributed by atoms with Crippen LogP contribution in [-0.2, 0) is 5.41 Å². The number of rotatable bonds is 5. The molecule has 0 N–H and O–H groups in total. The lowest BCUT2D eigenvalue weighted by molar-refractivity contribution is 0.660. The summed E-state index contributed by atoms with van der Waals surface area (Å²) in [5.74, 6) is 0. The molecule has 0 saturated heterocycles. The molecule has 0 radical (unpaired) electrons. The molecular formula is C51H37NSSi. The predicted octanol–water partition coefficient (Wildman–Crippen LogP) is 11.2. The van der Waals surface area contributed by atoms with Gasteiger partial charge in [0.15, 0.2) is 8.07 Å². The molecule has 3 heteroatoms. The summed E-state index contributed by atoms with van der Waals surface area (Å²) >= 11 is 1.94. The first-order chi connectivity index (χ1) is 26.6. The summed E-state index contributed by atoms with van der Waals surface area (Å²) in [7, 11) is -2.79. The number of benzene rings is 8. The number of anilines is 3. The molecule has 1 aliphatic carbocycles. The summed E-state index contributed by atoms with van der Waals surface area (Å²) < 4.78 is 2.73. The number of para-hydroxylation sites is 1. The van der Waals surface area contributed by atoms with Gasteiger partial charge in [-0.25, -0.2) is 0 Å². The van der Waals surface area contributed by atoms with Crippen LogP contribution in [0.5, 0.6) is 0 Å². The van der Waals surface area contributed by atoms with E-state index in [0.29, 0.717) is 0 Å². The molecule has 0 amide bonds. The minimum Gasteiger partial charge on any atom is -0.310 e. The van der Waals surface area contributed by atoms with Crippen molar-refractivity contribution in [1.29, 1.82) is 0 Å². The highest BCUT2D eigenvalue weighted by Gasteiger charge is 2.50. The second-order valence-corrected chi connectivity index (χ2v) is 20.0. The van der Waals surface area contributed by atoms with Crippen molar-refractivity contribution in [2.24, 2.45) is 0 Å². The van der Waals surface area contributed by atoms with Crippen molar-refractivity contribution in [1.82, 2.24) is 0 Å². The van der Waals surface area contributed by atoms with Crippen LogP contribution in [0.25, 0.3) is 42.4 Å². The number of nitrogens with zero attached hydrogens (tertiary/aromatic N) is 1. The van der Waals surface area contributed by atoms with Crippen molar-refractivity contribution in [2.75, 3.05) is 4.90 Å². The minimum atomic E-state index is -2.79. The summed E-state index contributed by atoms with van der Waals surface area (Å²) in [6, 6.07) is 70.9. The highest BCUT2D eigenvalue weighted by molar-refractivity contribution is 7.28. The van der Waals surface area contributed by atoms with Gasteiger partial charge >= 0.3 is 0 Å². The summed E-state index contributed by atoms with van der Waals surface area (Å²) in [5, 5.41) is 8.45. The number of hydrogen-bond donors (Lipinski definition) is 0. The van der Waals surface area contributed by atoms with Crippen LogP contribution in [0.3, 0.4) is 0 Å². The van der Waals surface area contributed by atoms with Gasteiger partial charge in [0.05, 0.1) is 5.69 Å². The van der Waals surface area contributed by atoms with Gasteiger partial charge in [-0.05, 0) is 85.0 Å². The van der Waals surface area contributed by atoms with Gasteiger partial charge in [-0.15, -0.1) is 11.3 Å². The normalized spacial score (nSPS) is 14.4. The lowest BCUT2D eigenvalue weighted by Gasteiger charge is -2.33. The second kappa shape index (κ2) is 11.7. The van der Waals surface area contributed by atoms with Crippen LogP contribution in [0.15, 0.2) is 188 Å². The molecule has 0 unspecified atom stereocenters. The van der Waals surface area contributed by atoms with Crippen LogP contribution in [0.2, 0.25) is 0 Å². The quantitative estimate of drug-likeness (QED) is 0.160. The van der Waals surface area contributed by atoms with E-state index in [0.717, 1.165) is 5.69 Å². The predicted molar refractivity (Wildman–Crippen MR) is 234 cm³/mol. The number of fused-ring (bicyclic) bond motifs is 10. The smallest absolute Gasteiger partial charge is 0.181 e. The molecule has 8 aromatic carbocycles. The molecule has 0 atom stereocenters. The van der Waals surface area contributed by atoms with Crippen molar-refractivity contribution in [3.05, 3.63) is 199 Å². The van der Waals surface area contributed by atoms with Gasteiger partial charge < -0.3 is 4.90 Å². The summed E-state index contributed by atoms with van der Waals surface area (Å²) in [6.07, 6.45) is 0. The Labute approximate surface area is 321 Å². The Morgan fingerprint density at radius 1 is 0.463 bits per heavy atom. The third kappa shape index (κ3) is 4.25. The molecule has 9 aromatic rings. The van der Waals surface area contributed by atoms with E-state index in [4.69, 9.17) is 0 Å². The molecule has 0 spiro atoms. The number of thiophene rings is 1. The van der Waals surface area contributed by atoms with Gasteiger partial charge in [-0.1, -0.05) is 166 Å². The lowest BCUT2D eigenvalue weighted by atomic mass is 9.82. The largest absolute Gasteiger partial charge is 0.310 e. The molecule has 1 nitrogen and oxygen atoms in total. The molecule has 1 aromatic heterocycles. The Balaban J connectivity index is 1.25. The van der Waals surface area contributed by atoms with Gasteiger partial charge in [-0.2, -0.15) is 0 Å². The maximum Gasteiger partial charge on any atom is 0.181 e. The Bertz CT molecular complexity index is 2870. The van der Waals surface area contributed by atoms with E-state index in [2.05, 4.69) is 207 Å². The highest BCUT2D eigenvalue weighted by Crippen LogP contribution is 2.54.